The molecule has 0 aromatic carbocycles. The molecule has 1 aliphatic heterocycles. The standard InChI is InChI=1S/C12H22N2O3/c1-12(2)8-14(6-10(7-15)17-12)11(16)5-13-9-3-4-9/h9-10,13,15H,3-8H2,1-2H3. The summed E-state index contributed by atoms with van der Waals surface area (Å²) in [6.07, 6.45) is 2.10. The molecule has 1 saturated heterocycles. The number of carbonyl (C=O) groups excluding carboxylic acids is 1. The van der Waals surface area contributed by atoms with Crippen molar-refractivity contribution in [3.63, 3.8) is 0 Å². The highest BCUT2D eigenvalue weighted by Crippen LogP contribution is 2.21. The van der Waals surface area contributed by atoms with E-state index in [1.807, 2.05) is 13.8 Å². The van der Waals surface area contributed by atoms with Gasteiger partial charge in [0.05, 0.1) is 24.9 Å². The minimum atomic E-state index is -0.374. The Kier molecular flexibility index (Phi) is 3.70. The van der Waals surface area contributed by atoms with E-state index < -0.39 is 0 Å². The molecule has 17 heavy (non-hydrogen) atoms. The van der Waals surface area contributed by atoms with Crippen LogP contribution in [-0.2, 0) is 9.53 Å². The summed E-state index contributed by atoms with van der Waals surface area (Å²) < 4.78 is 5.68. The molecule has 2 aliphatic rings. The second-order valence-corrected chi connectivity index (χ2v) is 5.61. The number of aliphatic hydroxyl groups excluding tert-OH is 1. The SMILES string of the molecule is CC1(C)CN(C(=O)CNC2CC2)CC(CO)O1. The first-order chi connectivity index (χ1) is 8.00. The maximum atomic E-state index is 12.0. The van der Waals surface area contributed by atoms with Gasteiger partial charge in [0, 0.05) is 19.1 Å². The van der Waals surface area contributed by atoms with Gasteiger partial charge in [-0.2, -0.15) is 0 Å². The molecule has 5 heteroatoms. The van der Waals surface area contributed by atoms with Crippen LogP contribution in [0.25, 0.3) is 0 Å². The molecular weight excluding hydrogens is 220 g/mol. The van der Waals surface area contributed by atoms with E-state index in [-0.39, 0.29) is 24.2 Å². The molecule has 1 atom stereocenters. The molecule has 1 aliphatic carbocycles. The van der Waals surface area contributed by atoms with Crippen molar-refractivity contribution >= 4 is 5.91 Å². The Labute approximate surface area is 102 Å². The van der Waals surface area contributed by atoms with Gasteiger partial charge in [0.1, 0.15) is 0 Å². The van der Waals surface area contributed by atoms with Crippen molar-refractivity contribution < 1.29 is 14.6 Å². The molecule has 0 radical (unpaired) electrons. The first kappa shape index (κ1) is 12.8. The van der Waals surface area contributed by atoms with Gasteiger partial charge in [-0.05, 0) is 26.7 Å². The number of rotatable bonds is 4. The lowest BCUT2D eigenvalue weighted by Gasteiger charge is -2.42. The average Bonchev–Trinajstić information content (AvgIpc) is 3.07. The van der Waals surface area contributed by atoms with E-state index in [1.54, 1.807) is 4.90 Å². The number of hydrogen-bond acceptors (Lipinski definition) is 4. The Balaban J connectivity index is 1.86. The van der Waals surface area contributed by atoms with Gasteiger partial charge in [-0.3, -0.25) is 4.79 Å². The topological polar surface area (TPSA) is 61.8 Å². The first-order valence-corrected chi connectivity index (χ1v) is 6.30. The lowest BCUT2D eigenvalue weighted by atomic mass is 10.1. The van der Waals surface area contributed by atoms with Crippen molar-refractivity contribution in [1.82, 2.24) is 10.2 Å². The maximum absolute atomic E-state index is 12.0. The van der Waals surface area contributed by atoms with Crippen LogP contribution in [0.3, 0.4) is 0 Å². The van der Waals surface area contributed by atoms with Crippen molar-refractivity contribution in [2.45, 2.75) is 44.4 Å². The molecule has 1 unspecified atom stereocenters. The largest absolute Gasteiger partial charge is 0.394 e. The zero-order valence-corrected chi connectivity index (χ0v) is 10.6. The molecule has 2 fully saturated rings. The van der Waals surface area contributed by atoms with Crippen LogP contribution in [0.2, 0.25) is 0 Å². The van der Waals surface area contributed by atoms with Crippen molar-refractivity contribution in [3.05, 3.63) is 0 Å². The highest BCUT2D eigenvalue weighted by Gasteiger charge is 2.35. The van der Waals surface area contributed by atoms with Crippen LogP contribution >= 0.6 is 0 Å². The molecule has 0 aromatic heterocycles. The molecule has 5 nitrogen and oxygen atoms in total. The maximum Gasteiger partial charge on any atom is 0.236 e. The van der Waals surface area contributed by atoms with Crippen molar-refractivity contribution in [2.24, 2.45) is 0 Å². The summed E-state index contributed by atoms with van der Waals surface area (Å²) in [4.78, 5) is 13.8. The van der Waals surface area contributed by atoms with Crippen molar-refractivity contribution in [2.75, 3.05) is 26.2 Å². The third-order valence-electron chi connectivity index (χ3n) is 3.16. The van der Waals surface area contributed by atoms with Crippen LogP contribution in [0.4, 0.5) is 0 Å². The van der Waals surface area contributed by atoms with E-state index in [2.05, 4.69) is 5.32 Å². The predicted molar refractivity (Wildman–Crippen MR) is 63.6 cm³/mol. The number of carbonyl (C=O) groups is 1. The smallest absolute Gasteiger partial charge is 0.236 e. The second-order valence-electron chi connectivity index (χ2n) is 5.61. The van der Waals surface area contributed by atoms with Gasteiger partial charge in [0.2, 0.25) is 5.91 Å². The Morgan fingerprint density at radius 3 is 2.82 bits per heavy atom. The predicted octanol–water partition coefficient (Wildman–Crippen LogP) is -0.263. The van der Waals surface area contributed by atoms with Gasteiger partial charge in [0.25, 0.3) is 0 Å². The van der Waals surface area contributed by atoms with Crippen LogP contribution in [0.1, 0.15) is 26.7 Å². The summed E-state index contributed by atoms with van der Waals surface area (Å²) in [5.41, 5.74) is -0.374. The van der Waals surface area contributed by atoms with E-state index in [4.69, 9.17) is 4.74 Å². The van der Waals surface area contributed by atoms with Gasteiger partial charge < -0.3 is 20.1 Å². The molecule has 2 N–H and O–H groups in total. The molecular formula is C12H22N2O3. The molecule has 2 rings (SSSR count). The Morgan fingerprint density at radius 2 is 2.24 bits per heavy atom. The van der Waals surface area contributed by atoms with Gasteiger partial charge in [0.15, 0.2) is 0 Å². The molecule has 0 aromatic rings. The number of hydrogen-bond donors (Lipinski definition) is 2. The van der Waals surface area contributed by atoms with E-state index in [1.165, 1.54) is 12.8 Å². The second kappa shape index (κ2) is 4.92. The molecule has 0 bridgehead atoms. The van der Waals surface area contributed by atoms with Crippen LogP contribution in [0.5, 0.6) is 0 Å². The van der Waals surface area contributed by atoms with Gasteiger partial charge in [-0.25, -0.2) is 0 Å². The summed E-state index contributed by atoms with van der Waals surface area (Å²) in [5, 5.41) is 12.4. The fourth-order valence-corrected chi connectivity index (χ4v) is 2.21. The van der Waals surface area contributed by atoms with Gasteiger partial charge in [-0.1, -0.05) is 0 Å². The van der Waals surface area contributed by atoms with Gasteiger partial charge in [-0.15, -0.1) is 0 Å². The van der Waals surface area contributed by atoms with Crippen LogP contribution in [0, 0.1) is 0 Å². The highest BCUT2D eigenvalue weighted by molar-refractivity contribution is 5.78. The Morgan fingerprint density at radius 1 is 1.53 bits per heavy atom. The molecule has 1 amide bonds. The molecule has 0 spiro atoms. The van der Waals surface area contributed by atoms with E-state index in [0.717, 1.165) is 0 Å². The lowest BCUT2D eigenvalue weighted by Crippen LogP contribution is -2.57. The van der Waals surface area contributed by atoms with Crippen LogP contribution in [-0.4, -0.2) is 59.9 Å². The number of morpholine rings is 1. The average molecular weight is 242 g/mol. The van der Waals surface area contributed by atoms with E-state index >= 15 is 0 Å². The molecule has 1 saturated carbocycles. The van der Waals surface area contributed by atoms with Crippen molar-refractivity contribution in [1.29, 1.82) is 0 Å². The number of nitrogens with zero attached hydrogens (tertiary/aromatic N) is 1. The Bertz CT molecular complexity index is 289. The quantitative estimate of drug-likeness (QED) is 0.713. The van der Waals surface area contributed by atoms with Crippen molar-refractivity contribution in [3.8, 4) is 0 Å². The Hall–Kier alpha value is -0.650. The third-order valence-corrected chi connectivity index (χ3v) is 3.16. The van der Waals surface area contributed by atoms with Gasteiger partial charge >= 0.3 is 0 Å². The number of nitrogens with one attached hydrogen (secondary N) is 1. The normalized spacial score (nSPS) is 28.2. The minimum absolute atomic E-state index is 0.0384. The molecule has 98 valence electrons. The fraction of sp³-hybridized carbons (Fsp3) is 0.917. The summed E-state index contributed by atoms with van der Waals surface area (Å²) in [7, 11) is 0. The van der Waals surface area contributed by atoms with Crippen LogP contribution < -0.4 is 5.32 Å². The highest BCUT2D eigenvalue weighted by atomic mass is 16.5. The minimum Gasteiger partial charge on any atom is -0.394 e. The zero-order valence-electron chi connectivity index (χ0n) is 10.6. The summed E-state index contributed by atoms with van der Waals surface area (Å²) >= 11 is 0. The number of amides is 1. The molecule has 1 heterocycles. The van der Waals surface area contributed by atoms with E-state index in [0.29, 0.717) is 25.7 Å². The summed E-state index contributed by atoms with van der Waals surface area (Å²) in [5.74, 6) is 0.103. The number of ether oxygens (including phenoxy) is 1. The van der Waals surface area contributed by atoms with Crippen LogP contribution in [0.15, 0.2) is 0 Å². The first-order valence-electron chi connectivity index (χ1n) is 6.30. The van der Waals surface area contributed by atoms with E-state index in [9.17, 15) is 9.90 Å². The lowest BCUT2D eigenvalue weighted by molar-refractivity contribution is -0.166. The number of aliphatic hydroxyl groups is 1. The fourth-order valence-electron chi connectivity index (χ4n) is 2.21. The zero-order chi connectivity index (χ0) is 12.5. The third kappa shape index (κ3) is 3.66. The summed E-state index contributed by atoms with van der Waals surface area (Å²) in [6, 6.07) is 0.543. The monoisotopic (exact) mass is 242 g/mol. The summed E-state index contributed by atoms with van der Waals surface area (Å²) in [6.45, 7) is 5.34.